The highest BCUT2D eigenvalue weighted by Crippen LogP contribution is 2.13. The van der Waals surface area contributed by atoms with Crippen LogP contribution in [-0.4, -0.2) is 61.8 Å². The fraction of sp³-hybridized carbons (Fsp3) is 0.862. The van der Waals surface area contributed by atoms with Gasteiger partial charge >= 0.3 is 11.9 Å². The number of nitrogens with one attached hydrogen (secondary N) is 2. The van der Waals surface area contributed by atoms with Gasteiger partial charge in [0.1, 0.15) is 6.61 Å². The van der Waals surface area contributed by atoms with Gasteiger partial charge in [0.2, 0.25) is 11.8 Å². The molecule has 0 aromatic rings. The van der Waals surface area contributed by atoms with Crippen LogP contribution in [0.2, 0.25) is 0 Å². The van der Waals surface area contributed by atoms with Gasteiger partial charge in [-0.25, -0.2) is 0 Å². The lowest BCUT2D eigenvalue weighted by molar-refractivity contribution is -0.142. The van der Waals surface area contributed by atoms with Crippen molar-refractivity contribution >= 4 is 23.8 Å². The molecule has 0 aromatic carbocycles. The number of aliphatic carboxylic acids is 1. The summed E-state index contributed by atoms with van der Waals surface area (Å²) >= 11 is 0. The van der Waals surface area contributed by atoms with E-state index in [1.54, 1.807) is 0 Å². The molecule has 0 aliphatic carbocycles. The summed E-state index contributed by atoms with van der Waals surface area (Å²) in [5, 5.41) is 14.1. The van der Waals surface area contributed by atoms with Gasteiger partial charge in [-0.05, 0) is 12.8 Å². The molecule has 0 aromatic heterocycles. The molecule has 0 spiro atoms. The van der Waals surface area contributed by atoms with Crippen LogP contribution in [0, 0.1) is 0 Å². The number of amides is 2. The summed E-state index contributed by atoms with van der Waals surface area (Å²) in [7, 11) is 0. The predicted molar refractivity (Wildman–Crippen MR) is 151 cm³/mol. The highest BCUT2D eigenvalue weighted by molar-refractivity contribution is 5.78. The summed E-state index contributed by atoms with van der Waals surface area (Å²) in [6.07, 6.45) is 17.2. The van der Waals surface area contributed by atoms with E-state index < -0.39 is 5.97 Å². The standard InChI is InChI=1S/C27H50N2O7.C2H6/c1-24(30)36-23-22-35-21-20-29-26(32)18-19-28-25(31)16-14-12-10-8-6-4-2-3-5-7-9-11-13-15-17-27(33)34;1-2/h2-23H2,1H3,(H,28,31)(H,29,32)(H,33,34);1-2H3. The molecule has 0 fully saturated rings. The molecule has 2 amide bonds. The number of carbonyl (C=O) groups is 4. The SMILES string of the molecule is CC.CC(=O)OCCOCCNC(=O)CCNC(=O)CCCCCCCCCCCCCCCCC(=O)O. The molecular formula is C29H56N2O7. The average Bonchev–Trinajstić information content (AvgIpc) is 2.88. The van der Waals surface area contributed by atoms with Crippen LogP contribution >= 0.6 is 0 Å². The molecule has 0 saturated carbocycles. The van der Waals surface area contributed by atoms with Gasteiger partial charge in [0.25, 0.3) is 0 Å². The first-order valence-corrected chi connectivity index (χ1v) is 14.9. The molecule has 0 saturated heterocycles. The fourth-order valence-corrected chi connectivity index (χ4v) is 3.78. The lowest BCUT2D eigenvalue weighted by Gasteiger charge is -2.08. The van der Waals surface area contributed by atoms with E-state index in [1.165, 1.54) is 58.3 Å². The van der Waals surface area contributed by atoms with Gasteiger partial charge in [-0.2, -0.15) is 0 Å². The summed E-state index contributed by atoms with van der Waals surface area (Å²) in [5.41, 5.74) is 0. The topological polar surface area (TPSA) is 131 Å². The first-order valence-electron chi connectivity index (χ1n) is 14.9. The average molecular weight is 545 g/mol. The normalized spacial score (nSPS) is 10.3. The van der Waals surface area contributed by atoms with E-state index >= 15 is 0 Å². The summed E-state index contributed by atoms with van der Waals surface area (Å²) in [5.74, 6) is -1.17. The van der Waals surface area contributed by atoms with Crippen LogP contribution in [0.25, 0.3) is 0 Å². The number of esters is 1. The highest BCUT2D eigenvalue weighted by Gasteiger charge is 2.04. The van der Waals surface area contributed by atoms with Crippen molar-refractivity contribution in [1.82, 2.24) is 10.6 Å². The summed E-state index contributed by atoms with van der Waals surface area (Å²) in [6, 6.07) is 0. The Morgan fingerprint density at radius 3 is 1.45 bits per heavy atom. The zero-order valence-electron chi connectivity index (χ0n) is 24.5. The Labute approximate surface area is 231 Å². The van der Waals surface area contributed by atoms with Crippen LogP contribution in [0.15, 0.2) is 0 Å². The van der Waals surface area contributed by atoms with E-state index in [0.717, 1.165) is 38.5 Å². The number of carboxylic acids is 1. The molecule has 9 heteroatoms. The minimum absolute atomic E-state index is 0.00140. The van der Waals surface area contributed by atoms with E-state index in [9.17, 15) is 19.2 Å². The van der Waals surface area contributed by atoms with E-state index in [0.29, 0.717) is 39.1 Å². The second-order valence-electron chi connectivity index (χ2n) is 9.25. The van der Waals surface area contributed by atoms with Gasteiger partial charge in [-0.1, -0.05) is 90.9 Å². The molecular weight excluding hydrogens is 488 g/mol. The van der Waals surface area contributed by atoms with Crippen LogP contribution in [0.5, 0.6) is 0 Å². The van der Waals surface area contributed by atoms with Crippen molar-refractivity contribution in [2.24, 2.45) is 0 Å². The maximum atomic E-state index is 11.9. The molecule has 0 unspecified atom stereocenters. The van der Waals surface area contributed by atoms with Gasteiger partial charge in [0.05, 0.1) is 13.2 Å². The number of hydrogen-bond acceptors (Lipinski definition) is 6. The molecule has 224 valence electrons. The van der Waals surface area contributed by atoms with Crippen molar-refractivity contribution in [2.45, 2.75) is 130 Å². The zero-order chi connectivity index (χ0) is 28.7. The van der Waals surface area contributed by atoms with Crippen LogP contribution in [0.3, 0.4) is 0 Å². The molecule has 0 aliphatic rings. The second-order valence-corrected chi connectivity index (χ2v) is 9.25. The third-order valence-electron chi connectivity index (χ3n) is 5.82. The molecule has 0 atom stereocenters. The zero-order valence-corrected chi connectivity index (χ0v) is 24.5. The molecule has 0 heterocycles. The Morgan fingerprint density at radius 2 is 0.974 bits per heavy atom. The summed E-state index contributed by atoms with van der Waals surface area (Å²) < 4.78 is 9.96. The van der Waals surface area contributed by atoms with Gasteiger partial charge in [0.15, 0.2) is 0 Å². The van der Waals surface area contributed by atoms with Gasteiger partial charge in [-0.15, -0.1) is 0 Å². The van der Waals surface area contributed by atoms with Crippen LogP contribution in [0.4, 0.5) is 0 Å². The van der Waals surface area contributed by atoms with E-state index in [1.807, 2.05) is 13.8 Å². The Kier molecular flexibility index (Phi) is 31.1. The Bertz CT molecular complexity index is 585. The summed E-state index contributed by atoms with van der Waals surface area (Å²) in [6.45, 7) is 6.90. The molecule has 38 heavy (non-hydrogen) atoms. The van der Waals surface area contributed by atoms with Crippen molar-refractivity contribution in [3.05, 3.63) is 0 Å². The van der Waals surface area contributed by atoms with Crippen molar-refractivity contribution in [3.8, 4) is 0 Å². The number of ether oxygens (including phenoxy) is 2. The Morgan fingerprint density at radius 1 is 0.553 bits per heavy atom. The second kappa shape index (κ2) is 31.1. The fourth-order valence-electron chi connectivity index (χ4n) is 3.78. The van der Waals surface area contributed by atoms with E-state index in [-0.39, 0.29) is 30.8 Å². The van der Waals surface area contributed by atoms with E-state index in [2.05, 4.69) is 10.6 Å². The monoisotopic (exact) mass is 544 g/mol. The van der Waals surface area contributed by atoms with Gasteiger partial charge < -0.3 is 25.2 Å². The largest absolute Gasteiger partial charge is 0.481 e. The lowest BCUT2D eigenvalue weighted by atomic mass is 10.0. The predicted octanol–water partition coefficient (Wildman–Crippen LogP) is 5.54. The Hall–Kier alpha value is -2.16. The number of carboxylic acid groups (broad SMARTS) is 1. The van der Waals surface area contributed by atoms with Crippen molar-refractivity contribution in [3.63, 3.8) is 0 Å². The number of rotatable bonds is 26. The number of hydrogen-bond donors (Lipinski definition) is 3. The van der Waals surface area contributed by atoms with Crippen molar-refractivity contribution in [1.29, 1.82) is 0 Å². The number of unbranched alkanes of at least 4 members (excludes halogenated alkanes) is 13. The number of carbonyl (C=O) groups excluding carboxylic acids is 3. The molecule has 0 aliphatic heterocycles. The minimum atomic E-state index is -0.690. The minimum Gasteiger partial charge on any atom is -0.481 e. The Balaban J connectivity index is 0. The molecule has 0 bridgehead atoms. The van der Waals surface area contributed by atoms with Gasteiger partial charge in [-0.3, -0.25) is 19.2 Å². The van der Waals surface area contributed by atoms with Crippen molar-refractivity contribution < 1.29 is 33.8 Å². The smallest absolute Gasteiger partial charge is 0.303 e. The third kappa shape index (κ3) is 33.8. The van der Waals surface area contributed by atoms with Crippen LogP contribution in [0.1, 0.15) is 130 Å². The molecule has 0 rings (SSSR count). The van der Waals surface area contributed by atoms with Gasteiger partial charge in [0, 0.05) is 39.3 Å². The maximum Gasteiger partial charge on any atom is 0.303 e. The summed E-state index contributed by atoms with van der Waals surface area (Å²) in [4.78, 5) is 44.6. The highest BCUT2D eigenvalue weighted by atomic mass is 16.6. The van der Waals surface area contributed by atoms with Crippen LogP contribution in [-0.2, 0) is 28.7 Å². The first-order chi connectivity index (χ1) is 18.4. The van der Waals surface area contributed by atoms with Crippen molar-refractivity contribution in [2.75, 3.05) is 32.9 Å². The van der Waals surface area contributed by atoms with Crippen LogP contribution < -0.4 is 10.6 Å². The van der Waals surface area contributed by atoms with E-state index in [4.69, 9.17) is 14.6 Å². The quantitative estimate of drug-likeness (QED) is 0.0962. The molecule has 0 radical (unpaired) electrons. The third-order valence-corrected chi connectivity index (χ3v) is 5.82. The molecule has 9 nitrogen and oxygen atoms in total. The molecule has 3 N–H and O–H groups in total. The maximum absolute atomic E-state index is 11.9. The first kappa shape index (κ1) is 38.0. The lowest BCUT2D eigenvalue weighted by Crippen LogP contribution is -2.32.